The van der Waals surface area contributed by atoms with E-state index in [0.29, 0.717) is 21.0 Å². The molecule has 0 aliphatic carbocycles. The Balaban J connectivity index is 2.42. The molecule has 0 aliphatic heterocycles. The standard InChI is InChI=1S/C14H8BrCl2FN2/c15-9-2-1-3-10(18)14(9)20-12-6-8(17)4-5-11(12)19-13(20)7-16/h1-6H,7H2. The maximum absolute atomic E-state index is 14.2. The first kappa shape index (κ1) is 13.9. The third-order valence-corrected chi connectivity index (χ3v) is 4.08. The Morgan fingerprint density at radius 1 is 1.25 bits per heavy atom. The smallest absolute Gasteiger partial charge is 0.148 e. The Labute approximate surface area is 133 Å². The van der Waals surface area contributed by atoms with Gasteiger partial charge < -0.3 is 0 Å². The van der Waals surface area contributed by atoms with Gasteiger partial charge in [-0.1, -0.05) is 17.7 Å². The SMILES string of the molecule is Fc1cccc(Br)c1-n1c(CCl)nc2ccc(Cl)cc21. The summed E-state index contributed by atoms with van der Waals surface area (Å²) in [7, 11) is 0. The summed E-state index contributed by atoms with van der Waals surface area (Å²) in [6.45, 7) is 0. The van der Waals surface area contributed by atoms with Crippen LogP contribution in [0.5, 0.6) is 0 Å². The topological polar surface area (TPSA) is 17.8 Å². The summed E-state index contributed by atoms with van der Waals surface area (Å²) < 4.78 is 16.5. The summed E-state index contributed by atoms with van der Waals surface area (Å²) in [5, 5.41) is 0.562. The van der Waals surface area contributed by atoms with Crippen molar-refractivity contribution in [3.63, 3.8) is 0 Å². The maximum Gasteiger partial charge on any atom is 0.148 e. The van der Waals surface area contributed by atoms with Crippen molar-refractivity contribution < 1.29 is 4.39 Å². The number of benzene rings is 2. The van der Waals surface area contributed by atoms with Crippen LogP contribution >= 0.6 is 39.1 Å². The summed E-state index contributed by atoms with van der Waals surface area (Å²) in [6.07, 6.45) is 0. The maximum atomic E-state index is 14.2. The average molecular weight is 374 g/mol. The predicted molar refractivity (Wildman–Crippen MR) is 83.3 cm³/mol. The number of hydrogen-bond donors (Lipinski definition) is 0. The van der Waals surface area contributed by atoms with E-state index in [2.05, 4.69) is 20.9 Å². The Morgan fingerprint density at radius 3 is 2.75 bits per heavy atom. The van der Waals surface area contributed by atoms with Gasteiger partial charge in [-0.15, -0.1) is 11.6 Å². The normalized spacial score (nSPS) is 11.2. The monoisotopic (exact) mass is 372 g/mol. The summed E-state index contributed by atoms with van der Waals surface area (Å²) in [4.78, 5) is 4.42. The molecule has 102 valence electrons. The lowest BCUT2D eigenvalue weighted by molar-refractivity contribution is 0.616. The van der Waals surface area contributed by atoms with Crippen LogP contribution in [0.15, 0.2) is 40.9 Å². The fourth-order valence-corrected chi connectivity index (χ4v) is 3.01. The van der Waals surface area contributed by atoms with Crippen LogP contribution in [0.4, 0.5) is 4.39 Å². The number of aromatic nitrogens is 2. The number of imidazole rings is 1. The van der Waals surface area contributed by atoms with Gasteiger partial charge in [-0.2, -0.15) is 0 Å². The molecule has 0 saturated carbocycles. The van der Waals surface area contributed by atoms with Crippen LogP contribution in [0.3, 0.4) is 0 Å². The molecule has 2 nitrogen and oxygen atoms in total. The van der Waals surface area contributed by atoms with Crippen molar-refractivity contribution in [2.24, 2.45) is 0 Å². The van der Waals surface area contributed by atoms with E-state index in [4.69, 9.17) is 23.2 Å². The van der Waals surface area contributed by atoms with E-state index in [0.717, 1.165) is 11.0 Å². The van der Waals surface area contributed by atoms with Crippen LogP contribution in [0.25, 0.3) is 16.7 Å². The summed E-state index contributed by atoms with van der Waals surface area (Å²) >= 11 is 15.3. The third-order valence-electron chi connectivity index (χ3n) is 2.97. The van der Waals surface area contributed by atoms with Gasteiger partial charge in [0.1, 0.15) is 11.6 Å². The van der Waals surface area contributed by atoms with Gasteiger partial charge in [0.05, 0.1) is 22.6 Å². The number of nitrogens with zero attached hydrogens (tertiary/aromatic N) is 2. The Bertz CT molecular complexity index is 781. The van der Waals surface area contributed by atoms with Gasteiger partial charge in [0.25, 0.3) is 0 Å². The molecule has 1 heterocycles. The second-order valence-electron chi connectivity index (χ2n) is 4.20. The van der Waals surface area contributed by atoms with E-state index >= 15 is 0 Å². The molecule has 0 bridgehead atoms. The van der Waals surface area contributed by atoms with Crippen LogP contribution in [0.2, 0.25) is 5.02 Å². The Hall–Kier alpha value is -1.10. The first-order chi connectivity index (χ1) is 9.61. The molecule has 2 aromatic carbocycles. The number of para-hydroxylation sites is 1. The minimum absolute atomic E-state index is 0.174. The zero-order valence-electron chi connectivity index (χ0n) is 10.1. The van der Waals surface area contributed by atoms with Crippen molar-refractivity contribution in [3.8, 4) is 5.69 Å². The zero-order chi connectivity index (χ0) is 14.3. The molecule has 0 N–H and O–H groups in total. The lowest BCUT2D eigenvalue weighted by Gasteiger charge is -2.11. The number of halogens is 4. The van der Waals surface area contributed by atoms with E-state index < -0.39 is 0 Å². The molecule has 0 unspecified atom stereocenters. The molecule has 0 saturated heterocycles. The number of hydrogen-bond acceptors (Lipinski definition) is 1. The van der Waals surface area contributed by atoms with Gasteiger partial charge >= 0.3 is 0 Å². The molecule has 1 aromatic heterocycles. The lowest BCUT2D eigenvalue weighted by Crippen LogP contribution is -2.03. The Morgan fingerprint density at radius 2 is 2.05 bits per heavy atom. The van der Waals surface area contributed by atoms with Crippen molar-refractivity contribution in [1.29, 1.82) is 0 Å². The van der Waals surface area contributed by atoms with Crippen molar-refractivity contribution in [2.45, 2.75) is 5.88 Å². The largest absolute Gasteiger partial charge is 0.291 e. The van der Waals surface area contributed by atoms with Crippen LogP contribution in [0, 0.1) is 5.82 Å². The fraction of sp³-hybridized carbons (Fsp3) is 0.0714. The first-order valence-corrected chi connectivity index (χ1v) is 7.49. The van der Waals surface area contributed by atoms with Crippen LogP contribution < -0.4 is 0 Å². The minimum atomic E-state index is -0.356. The van der Waals surface area contributed by atoms with Crippen LogP contribution in [-0.4, -0.2) is 9.55 Å². The molecule has 0 radical (unpaired) electrons. The number of alkyl halides is 1. The summed E-state index contributed by atoms with van der Waals surface area (Å²) in [6, 6.07) is 10.1. The van der Waals surface area contributed by atoms with Gasteiger partial charge in [0.2, 0.25) is 0 Å². The second kappa shape index (κ2) is 5.35. The van der Waals surface area contributed by atoms with Gasteiger partial charge in [-0.25, -0.2) is 9.37 Å². The number of rotatable bonds is 2. The highest BCUT2D eigenvalue weighted by Crippen LogP contribution is 2.31. The highest BCUT2D eigenvalue weighted by atomic mass is 79.9. The van der Waals surface area contributed by atoms with E-state index in [1.165, 1.54) is 6.07 Å². The van der Waals surface area contributed by atoms with Gasteiger partial charge in [-0.05, 0) is 46.3 Å². The van der Waals surface area contributed by atoms with Gasteiger partial charge in [0.15, 0.2) is 0 Å². The molecule has 3 rings (SSSR count). The predicted octanol–water partition coefficient (Wildman–Crippen LogP) is 5.32. The summed E-state index contributed by atoms with van der Waals surface area (Å²) in [5.41, 5.74) is 1.83. The quantitative estimate of drug-likeness (QED) is 0.556. The zero-order valence-corrected chi connectivity index (χ0v) is 13.2. The van der Waals surface area contributed by atoms with Gasteiger partial charge in [0, 0.05) is 9.50 Å². The highest BCUT2D eigenvalue weighted by Gasteiger charge is 2.17. The molecule has 0 aliphatic rings. The van der Waals surface area contributed by atoms with Crippen molar-refractivity contribution in [2.75, 3.05) is 0 Å². The Kier molecular flexibility index (Phi) is 3.71. The minimum Gasteiger partial charge on any atom is -0.291 e. The molecule has 0 spiro atoms. The molecule has 0 fully saturated rings. The second-order valence-corrected chi connectivity index (χ2v) is 5.76. The van der Waals surface area contributed by atoms with Crippen molar-refractivity contribution in [1.82, 2.24) is 9.55 Å². The molecular weight excluding hydrogens is 366 g/mol. The van der Waals surface area contributed by atoms with Crippen LogP contribution in [-0.2, 0) is 5.88 Å². The highest BCUT2D eigenvalue weighted by molar-refractivity contribution is 9.10. The van der Waals surface area contributed by atoms with Crippen molar-refractivity contribution >= 4 is 50.2 Å². The van der Waals surface area contributed by atoms with E-state index in [-0.39, 0.29) is 11.7 Å². The van der Waals surface area contributed by atoms with E-state index in [9.17, 15) is 4.39 Å². The molecule has 0 amide bonds. The lowest BCUT2D eigenvalue weighted by atomic mass is 10.2. The molecule has 3 aromatic rings. The summed E-state index contributed by atoms with van der Waals surface area (Å²) in [5.74, 6) is 0.382. The van der Waals surface area contributed by atoms with Crippen LogP contribution in [0.1, 0.15) is 5.82 Å². The van der Waals surface area contributed by atoms with Gasteiger partial charge in [-0.3, -0.25) is 4.57 Å². The fourth-order valence-electron chi connectivity index (χ4n) is 2.14. The van der Waals surface area contributed by atoms with E-state index in [1.54, 1.807) is 34.9 Å². The average Bonchev–Trinajstić information content (AvgIpc) is 2.77. The molecule has 6 heteroatoms. The number of fused-ring (bicyclic) bond motifs is 1. The van der Waals surface area contributed by atoms with Crippen molar-refractivity contribution in [3.05, 3.63) is 57.5 Å². The molecule has 20 heavy (non-hydrogen) atoms. The third kappa shape index (κ3) is 2.22. The first-order valence-electron chi connectivity index (χ1n) is 5.79. The molecule has 0 atom stereocenters. The molecular formula is C14H8BrCl2FN2. The van der Waals surface area contributed by atoms with E-state index in [1.807, 2.05) is 0 Å².